The summed E-state index contributed by atoms with van der Waals surface area (Å²) >= 11 is 5.14. The second-order valence-corrected chi connectivity index (χ2v) is 7.01. The number of hydrogen-bond donors (Lipinski definition) is 1. The van der Waals surface area contributed by atoms with Crippen molar-refractivity contribution in [2.75, 3.05) is 33.2 Å². The van der Waals surface area contributed by atoms with Crippen molar-refractivity contribution in [2.45, 2.75) is 52.5 Å². The van der Waals surface area contributed by atoms with E-state index in [4.69, 9.17) is 18.0 Å². The van der Waals surface area contributed by atoms with E-state index in [1.807, 2.05) is 0 Å². The van der Waals surface area contributed by atoms with E-state index in [0.29, 0.717) is 11.0 Å². The van der Waals surface area contributed by atoms with Crippen molar-refractivity contribution < 1.29 is 0 Å². The Kier molecular flexibility index (Phi) is 6.71. The molecular formula is C15H31N3S. The largest absolute Gasteiger partial charge is 0.393 e. The lowest BCUT2D eigenvalue weighted by atomic mass is 9.88. The van der Waals surface area contributed by atoms with Gasteiger partial charge in [0.05, 0.1) is 4.99 Å². The van der Waals surface area contributed by atoms with Crippen LogP contribution in [0.25, 0.3) is 0 Å². The summed E-state index contributed by atoms with van der Waals surface area (Å²) in [6, 6.07) is 0.709. The molecule has 1 aliphatic rings. The lowest BCUT2D eigenvalue weighted by molar-refractivity contribution is 0.176. The van der Waals surface area contributed by atoms with Crippen LogP contribution < -0.4 is 5.73 Å². The van der Waals surface area contributed by atoms with Gasteiger partial charge in [-0.1, -0.05) is 33.0 Å². The quantitative estimate of drug-likeness (QED) is 0.760. The molecule has 1 unspecified atom stereocenters. The smallest absolute Gasteiger partial charge is 0.0784 e. The maximum Gasteiger partial charge on any atom is 0.0784 e. The van der Waals surface area contributed by atoms with Crippen molar-refractivity contribution in [3.05, 3.63) is 0 Å². The first-order chi connectivity index (χ1) is 8.86. The third-order valence-electron chi connectivity index (χ3n) is 4.41. The molecule has 1 fully saturated rings. The van der Waals surface area contributed by atoms with Crippen molar-refractivity contribution in [2.24, 2.45) is 11.1 Å². The average Bonchev–Trinajstić information content (AvgIpc) is 2.50. The molecule has 1 aliphatic heterocycles. The fourth-order valence-electron chi connectivity index (χ4n) is 2.82. The average molecular weight is 286 g/mol. The Hall–Kier alpha value is -0.190. The Balaban J connectivity index is 2.44. The second kappa shape index (κ2) is 7.55. The van der Waals surface area contributed by atoms with E-state index in [1.165, 1.54) is 45.4 Å². The molecule has 0 saturated carbocycles. The van der Waals surface area contributed by atoms with Gasteiger partial charge in [-0.2, -0.15) is 0 Å². The highest BCUT2D eigenvalue weighted by atomic mass is 32.1. The van der Waals surface area contributed by atoms with Crippen LogP contribution in [0.4, 0.5) is 0 Å². The van der Waals surface area contributed by atoms with Crippen LogP contribution in [0.2, 0.25) is 0 Å². The summed E-state index contributed by atoms with van der Waals surface area (Å²) in [6.45, 7) is 11.5. The fraction of sp³-hybridized carbons (Fsp3) is 0.933. The molecule has 3 nitrogen and oxygen atoms in total. The molecule has 1 atom stereocenters. The summed E-state index contributed by atoms with van der Waals surface area (Å²) in [7, 11) is 2.24. The van der Waals surface area contributed by atoms with Gasteiger partial charge in [0, 0.05) is 18.0 Å². The number of rotatable bonds is 6. The lowest BCUT2D eigenvalue weighted by Crippen LogP contribution is -2.40. The molecule has 0 amide bonds. The van der Waals surface area contributed by atoms with Gasteiger partial charge in [0.15, 0.2) is 0 Å². The highest BCUT2D eigenvalue weighted by molar-refractivity contribution is 7.80. The first kappa shape index (κ1) is 16.9. The van der Waals surface area contributed by atoms with Crippen molar-refractivity contribution in [1.29, 1.82) is 0 Å². The minimum atomic E-state index is -0.000312. The highest BCUT2D eigenvalue weighted by Gasteiger charge is 2.24. The van der Waals surface area contributed by atoms with Crippen LogP contribution in [0, 0.1) is 5.41 Å². The Morgan fingerprint density at radius 2 is 2.05 bits per heavy atom. The lowest BCUT2D eigenvalue weighted by Gasteiger charge is -2.31. The highest BCUT2D eigenvalue weighted by Crippen LogP contribution is 2.23. The van der Waals surface area contributed by atoms with Gasteiger partial charge in [-0.15, -0.1) is 0 Å². The van der Waals surface area contributed by atoms with Crippen LogP contribution in [-0.4, -0.2) is 54.1 Å². The van der Waals surface area contributed by atoms with Crippen LogP contribution in [-0.2, 0) is 0 Å². The van der Waals surface area contributed by atoms with Crippen molar-refractivity contribution in [1.82, 2.24) is 9.80 Å². The van der Waals surface area contributed by atoms with E-state index >= 15 is 0 Å². The standard InChI is InChI=1S/C15H31N3S/c1-5-13-12-17(4)9-7-11-18(13)10-6-8-15(2,3)14(16)19/h13H,5-12H2,1-4H3,(H2,16,19). The molecule has 0 aromatic rings. The summed E-state index contributed by atoms with van der Waals surface area (Å²) in [5.74, 6) is 0. The second-order valence-electron chi connectivity index (χ2n) is 6.57. The molecule has 0 aromatic heterocycles. The molecule has 0 bridgehead atoms. The molecule has 1 heterocycles. The van der Waals surface area contributed by atoms with Gasteiger partial charge in [0.2, 0.25) is 0 Å². The zero-order valence-electron chi connectivity index (χ0n) is 13.1. The predicted octanol–water partition coefficient (Wildman–Crippen LogP) is 2.50. The maximum absolute atomic E-state index is 5.80. The van der Waals surface area contributed by atoms with Crippen LogP contribution in [0.3, 0.4) is 0 Å². The van der Waals surface area contributed by atoms with Gasteiger partial charge in [-0.05, 0) is 52.4 Å². The molecule has 0 spiro atoms. The molecule has 0 radical (unpaired) electrons. The first-order valence-electron chi connectivity index (χ1n) is 7.59. The summed E-state index contributed by atoms with van der Waals surface area (Å²) in [5.41, 5.74) is 5.80. The van der Waals surface area contributed by atoms with Crippen molar-refractivity contribution in [3.8, 4) is 0 Å². The molecule has 0 aliphatic carbocycles. The number of nitrogens with two attached hydrogens (primary N) is 1. The molecule has 2 N–H and O–H groups in total. The van der Waals surface area contributed by atoms with E-state index in [1.54, 1.807) is 0 Å². The molecule has 19 heavy (non-hydrogen) atoms. The number of nitrogens with zero attached hydrogens (tertiary/aromatic N) is 2. The number of hydrogen-bond acceptors (Lipinski definition) is 3. The zero-order valence-corrected chi connectivity index (χ0v) is 13.9. The minimum absolute atomic E-state index is 0.000312. The van der Waals surface area contributed by atoms with Gasteiger partial charge < -0.3 is 10.6 Å². The molecule has 0 aromatic carbocycles. The Bertz CT molecular complexity index is 291. The van der Waals surface area contributed by atoms with E-state index in [0.717, 1.165) is 6.42 Å². The molecule has 1 rings (SSSR count). The Morgan fingerprint density at radius 1 is 1.37 bits per heavy atom. The van der Waals surface area contributed by atoms with Gasteiger partial charge in [0.1, 0.15) is 0 Å². The third-order valence-corrected chi connectivity index (χ3v) is 4.96. The molecular weight excluding hydrogens is 254 g/mol. The summed E-state index contributed by atoms with van der Waals surface area (Å²) in [4.78, 5) is 5.78. The minimum Gasteiger partial charge on any atom is -0.393 e. The van der Waals surface area contributed by atoms with Gasteiger partial charge in [-0.25, -0.2) is 0 Å². The monoisotopic (exact) mass is 285 g/mol. The van der Waals surface area contributed by atoms with Crippen LogP contribution in [0.1, 0.15) is 46.5 Å². The number of likely N-dealkylation sites (N-methyl/N-ethyl adjacent to an activating group) is 1. The van der Waals surface area contributed by atoms with Crippen LogP contribution >= 0.6 is 12.2 Å². The van der Waals surface area contributed by atoms with E-state index in [9.17, 15) is 0 Å². The van der Waals surface area contributed by atoms with Gasteiger partial charge in [0.25, 0.3) is 0 Å². The van der Waals surface area contributed by atoms with E-state index in [-0.39, 0.29) is 5.41 Å². The first-order valence-corrected chi connectivity index (χ1v) is 8.00. The van der Waals surface area contributed by atoms with Gasteiger partial charge >= 0.3 is 0 Å². The fourth-order valence-corrected chi connectivity index (χ4v) is 2.92. The molecule has 4 heteroatoms. The summed E-state index contributed by atoms with van der Waals surface area (Å²) in [6.07, 6.45) is 4.80. The SMILES string of the molecule is CCC1CN(C)CCCN1CCCC(C)(C)C(N)=S. The predicted molar refractivity (Wildman–Crippen MR) is 87.6 cm³/mol. The maximum atomic E-state index is 5.80. The normalized spacial score (nSPS) is 23.3. The van der Waals surface area contributed by atoms with Crippen molar-refractivity contribution >= 4 is 17.2 Å². The zero-order chi connectivity index (χ0) is 14.5. The molecule has 1 saturated heterocycles. The summed E-state index contributed by atoms with van der Waals surface area (Å²) in [5, 5.41) is 0. The van der Waals surface area contributed by atoms with Crippen LogP contribution in [0.15, 0.2) is 0 Å². The van der Waals surface area contributed by atoms with Crippen molar-refractivity contribution in [3.63, 3.8) is 0 Å². The topological polar surface area (TPSA) is 32.5 Å². The van der Waals surface area contributed by atoms with E-state index < -0.39 is 0 Å². The van der Waals surface area contributed by atoms with E-state index in [2.05, 4.69) is 37.6 Å². The Morgan fingerprint density at radius 3 is 2.63 bits per heavy atom. The summed E-state index contributed by atoms with van der Waals surface area (Å²) < 4.78 is 0. The third kappa shape index (κ3) is 5.36. The molecule has 112 valence electrons. The Labute approximate surface area is 124 Å². The van der Waals surface area contributed by atoms with Gasteiger partial charge in [-0.3, -0.25) is 4.90 Å². The number of thiocarbonyl (C=S) groups is 1. The van der Waals surface area contributed by atoms with Crippen LogP contribution in [0.5, 0.6) is 0 Å².